The Morgan fingerprint density at radius 3 is 2.67 bits per heavy atom. The van der Waals surface area contributed by atoms with Crippen LogP contribution < -0.4 is 0 Å². The summed E-state index contributed by atoms with van der Waals surface area (Å²) in [5, 5.41) is 0. The number of benzene rings is 1. The number of carbonyl (C=O) groups is 1. The van der Waals surface area contributed by atoms with Crippen LogP contribution in [-0.4, -0.2) is 62.7 Å². The number of hydrogen-bond donors (Lipinski definition) is 0. The van der Waals surface area contributed by atoms with Crippen LogP contribution in [0.5, 0.6) is 0 Å². The summed E-state index contributed by atoms with van der Waals surface area (Å²) in [4.78, 5) is 16.2. The molecule has 0 N–H and O–H groups in total. The van der Waals surface area contributed by atoms with Gasteiger partial charge in [0.2, 0.25) is 5.91 Å². The number of methoxy groups -OCH3 is 1. The lowest BCUT2D eigenvalue weighted by Gasteiger charge is -2.38. The van der Waals surface area contributed by atoms with Crippen molar-refractivity contribution in [3.05, 3.63) is 35.9 Å². The fraction of sp³-hybridized carbons (Fsp3) is 0.588. The first-order chi connectivity index (χ1) is 10.1. The van der Waals surface area contributed by atoms with Gasteiger partial charge in [0, 0.05) is 26.1 Å². The minimum absolute atomic E-state index is 0.215. The molecule has 0 aromatic heterocycles. The van der Waals surface area contributed by atoms with E-state index in [0.29, 0.717) is 12.5 Å². The van der Waals surface area contributed by atoms with E-state index in [9.17, 15) is 4.79 Å². The van der Waals surface area contributed by atoms with Gasteiger partial charge in [-0.05, 0) is 32.5 Å². The van der Waals surface area contributed by atoms with E-state index in [0.717, 1.165) is 25.9 Å². The van der Waals surface area contributed by atoms with Crippen LogP contribution in [0.25, 0.3) is 0 Å². The highest BCUT2D eigenvalue weighted by Crippen LogP contribution is 2.23. The van der Waals surface area contributed by atoms with Crippen molar-refractivity contribution >= 4 is 5.91 Å². The number of piperidine rings is 1. The highest BCUT2D eigenvalue weighted by Gasteiger charge is 2.31. The Hall–Kier alpha value is -1.39. The average molecular weight is 290 g/mol. The molecule has 1 heterocycles. The maximum atomic E-state index is 12.2. The first-order valence-electron chi connectivity index (χ1n) is 7.59. The third-order valence-electron chi connectivity index (χ3n) is 4.11. The Labute approximate surface area is 127 Å². The minimum Gasteiger partial charge on any atom is -0.381 e. The molecule has 21 heavy (non-hydrogen) atoms. The largest absolute Gasteiger partial charge is 0.381 e. The van der Waals surface area contributed by atoms with Crippen molar-refractivity contribution in [1.29, 1.82) is 0 Å². The SMILES string of the molecule is CO[C@@H]1CCN(C(=O)CN(C)C)C[C@H]1Cc1ccccc1. The Morgan fingerprint density at radius 1 is 1.33 bits per heavy atom. The van der Waals surface area contributed by atoms with Gasteiger partial charge in [-0.15, -0.1) is 0 Å². The molecule has 1 saturated heterocycles. The van der Waals surface area contributed by atoms with Crippen molar-refractivity contribution in [3.63, 3.8) is 0 Å². The third-order valence-corrected chi connectivity index (χ3v) is 4.11. The van der Waals surface area contributed by atoms with Crippen LogP contribution in [-0.2, 0) is 16.0 Å². The summed E-state index contributed by atoms with van der Waals surface area (Å²) in [5.41, 5.74) is 1.31. The van der Waals surface area contributed by atoms with E-state index in [1.165, 1.54) is 5.56 Å². The number of nitrogens with zero attached hydrogens (tertiary/aromatic N) is 2. The molecule has 1 amide bonds. The van der Waals surface area contributed by atoms with E-state index in [1.54, 1.807) is 7.11 Å². The van der Waals surface area contributed by atoms with E-state index in [2.05, 4.69) is 24.3 Å². The lowest BCUT2D eigenvalue weighted by atomic mass is 9.88. The van der Waals surface area contributed by atoms with Gasteiger partial charge in [-0.3, -0.25) is 4.79 Å². The van der Waals surface area contributed by atoms with E-state index in [4.69, 9.17) is 4.74 Å². The van der Waals surface area contributed by atoms with Crippen LogP contribution in [0.3, 0.4) is 0 Å². The second-order valence-corrected chi connectivity index (χ2v) is 6.09. The summed E-state index contributed by atoms with van der Waals surface area (Å²) in [6.07, 6.45) is 2.13. The van der Waals surface area contributed by atoms with Gasteiger partial charge < -0.3 is 14.5 Å². The topological polar surface area (TPSA) is 32.8 Å². The highest BCUT2D eigenvalue weighted by molar-refractivity contribution is 5.78. The molecule has 0 unspecified atom stereocenters. The molecule has 1 fully saturated rings. The van der Waals surface area contributed by atoms with Crippen LogP contribution in [0.1, 0.15) is 12.0 Å². The zero-order chi connectivity index (χ0) is 15.2. The molecule has 2 atom stereocenters. The van der Waals surface area contributed by atoms with Gasteiger partial charge >= 0.3 is 0 Å². The molecule has 0 spiro atoms. The molecule has 1 aromatic rings. The first-order valence-corrected chi connectivity index (χ1v) is 7.59. The average Bonchev–Trinajstić information content (AvgIpc) is 2.47. The number of amides is 1. The molecule has 0 bridgehead atoms. The summed E-state index contributed by atoms with van der Waals surface area (Å²) in [6.45, 7) is 2.08. The van der Waals surface area contributed by atoms with E-state index >= 15 is 0 Å². The Morgan fingerprint density at radius 2 is 2.05 bits per heavy atom. The predicted octanol–water partition coefficient (Wildman–Crippen LogP) is 1.65. The fourth-order valence-electron chi connectivity index (χ4n) is 3.03. The Bertz CT molecular complexity index is 447. The van der Waals surface area contributed by atoms with Gasteiger partial charge in [0.1, 0.15) is 0 Å². The number of carbonyl (C=O) groups excluding carboxylic acids is 1. The second-order valence-electron chi connectivity index (χ2n) is 6.09. The van der Waals surface area contributed by atoms with Crippen LogP contribution in [0, 0.1) is 5.92 Å². The number of rotatable bonds is 5. The zero-order valence-electron chi connectivity index (χ0n) is 13.3. The molecular formula is C17H26N2O2. The standard InChI is InChI=1S/C17H26N2O2/c1-18(2)13-17(20)19-10-9-16(21-3)15(12-19)11-14-7-5-4-6-8-14/h4-8,15-16H,9-13H2,1-3H3/t15-,16-/m1/s1. The number of likely N-dealkylation sites (tertiary alicyclic amines) is 1. The monoisotopic (exact) mass is 290 g/mol. The van der Waals surface area contributed by atoms with Crippen molar-refractivity contribution in [3.8, 4) is 0 Å². The molecule has 4 nitrogen and oxygen atoms in total. The molecule has 1 aliphatic heterocycles. The molecule has 1 aromatic carbocycles. The number of ether oxygens (including phenoxy) is 1. The first kappa shape index (κ1) is 16.0. The molecule has 116 valence electrons. The van der Waals surface area contributed by atoms with Gasteiger partial charge in [0.25, 0.3) is 0 Å². The lowest BCUT2D eigenvalue weighted by molar-refractivity contribution is -0.136. The van der Waals surface area contributed by atoms with Crippen molar-refractivity contribution in [2.24, 2.45) is 5.92 Å². The maximum absolute atomic E-state index is 12.2. The summed E-state index contributed by atoms with van der Waals surface area (Å²) in [6, 6.07) is 10.5. The van der Waals surface area contributed by atoms with E-state index in [-0.39, 0.29) is 12.0 Å². The van der Waals surface area contributed by atoms with E-state index < -0.39 is 0 Å². The van der Waals surface area contributed by atoms with Gasteiger partial charge in [-0.2, -0.15) is 0 Å². The molecule has 1 aliphatic rings. The van der Waals surface area contributed by atoms with Gasteiger partial charge in [-0.25, -0.2) is 0 Å². The van der Waals surface area contributed by atoms with Gasteiger partial charge in [-0.1, -0.05) is 30.3 Å². The van der Waals surface area contributed by atoms with E-state index in [1.807, 2.05) is 30.0 Å². The van der Waals surface area contributed by atoms with Crippen molar-refractivity contribution in [2.75, 3.05) is 40.8 Å². The van der Waals surface area contributed by atoms with Crippen molar-refractivity contribution < 1.29 is 9.53 Å². The normalized spacial score (nSPS) is 22.6. The molecule has 2 rings (SSSR count). The lowest BCUT2D eigenvalue weighted by Crippen LogP contribution is -2.49. The summed E-state index contributed by atoms with van der Waals surface area (Å²) in [7, 11) is 5.64. The van der Waals surface area contributed by atoms with Crippen molar-refractivity contribution in [1.82, 2.24) is 9.80 Å². The van der Waals surface area contributed by atoms with Gasteiger partial charge in [0.05, 0.1) is 12.6 Å². The minimum atomic E-state index is 0.215. The second kappa shape index (κ2) is 7.57. The molecule has 0 radical (unpaired) electrons. The smallest absolute Gasteiger partial charge is 0.236 e. The quantitative estimate of drug-likeness (QED) is 0.827. The summed E-state index contributed by atoms with van der Waals surface area (Å²) < 4.78 is 5.64. The number of likely N-dealkylation sites (N-methyl/N-ethyl adjacent to an activating group) is 1. The van der Waals surface area contributed by atoms with Crippen LogP contribution in [0.15, 0.2) is 30.3 Å². The number of hydrogen-bond acceptors (Lipinski definition) is 3. The fourth-order valence-corrected chi connectivity index (χ4v) is 3.03. The molecule has 0 aliphatic carbocycles. The van der Waals surface area contributed by atoms with Crippen LogP contribution in [0.2, 0.25) is 0 Å². The van der Waals surface area contributed by atoms with Crippen LogP contribution >= 0.6 is 0 Å². The van der Waals surface area contributed by atoms with Crippen molar-refractivity contribution in [2.45, 2.75) is 18.9 Å². The maximum Gasteiger partial charge on any atom is 0.236 e. The molecule has 4 heteroatoms. The summed E-state index contributed by atoms with van der Waals surface area (Å²) in [5.74, 6) is 0.588. The Kier molecular flexibility index (Phi) is 5.76. The van der Waals surface area contributed by atoms with Crippen LogP contribution in [0.4, 0.5) is 0 Å². The van der Waals surface area contributed by atoms with Gasteiger partial charge in [0.15, 0.2) is 0 Å². The Balaban J connectivity index is 2.00. The zero-order valence-corrected chi connectivity index (χ0v) is 13.3. The molecule has 0 saturated carbocycles. The third kappa shape index (κ3) is 4.55. The predicted molar refractivity (Wildman–Crippen MR) is 84.2 cm³/mol. The highest BCUT2D eigenvalue weighted by atomic mass is 16.5. The summed E-state index contributed by atoms with van der Waals surface area (Å²) >= 11 is 0. The molecular weight excluding hydrogens is 264 g/mol.